The summed E-state index contributed by atoms with van der Waals surface area (Å²) in [5.74, 6) is -0.849. The number of rotatable bonds is 7. The molecule has 14 heteroatoms. The van der Waals surface area contributed by atoms with E-state index in [9.17, 15) is 31.4 Å². The smallest absolute Gasteiger partial charge is 0.419 e. The maximum absolute atomic E-state index is 13.8. The maximum Gasteiger partial charge on any atom is 0.419 e. The van der Waals surface area contributed by atoms with Crippen molar-refractivity contribution in [3.05, 3.63) is 65.0 Å². The van der Waals surface area contributed by atoms with Gasteiger partial charge in [0.05, 0.1) is 23.8 Å². The lowest BCUT2D eigenvalue weighted by Gasteiger charge is -2.20. The quantitative estimate of drug-likeness (QED) is 0.170. The minimum atomic E-state index is -4.76. The molecule has 0 aliphatic carbocycles. The van der Waals surface area contributed by atoms with Gasteiger partial charge in [-0.15, -0.1) is 0 Å². The van der Waals surface area contributed by atoms with Gasteiger partial charge in [-0.1, -0.05) is 17.3 Å². The first-order chi connectivity index (χ1) is 17.8. The Balaban J connectivity index is 1.44. The average molecular weight is 543 g/mol. The van der Waals surface area contributed by atoms with Crippen LogP contribution in [0.5, 0.6) is 5.75 Å². The van der Waals surface area contributed by atoms with Gasteiger partial charge in [-0.25, -0.2) is 0 Å². The van der Waals surface area contributed by atoms with Crippen LogP contribution >= 0.6 is 0 Å². The minimum Gasteiger partial charge on any atom is -0.493 e. The Morgan fingerprint density at radius 3 is 2.45 bits per heavy atom. The predicted octanol–water partition coefficient (Wildman–Crippen LogP) is 4.79. The second-order valence-electron chi connectivity index (χ2n) is 8.75. The molecule has 3 aromatic rings. The fourth-order valence-corrected chi connectivity index (χ4v) is 4.14. The Bertz CT molecular complexity index is 1280. The molecule has 1 unspecified atom stereocenters. The number of nitrogens with two attached hydrogens (primary N) is 1. The molecule has 0 radical (unpaired) electrons. The van der Waals surface area contributed by atoms with Crippen molar-refractivity contribution in [1.82, 2.24) is 15.0 Å². The highest BCUT2D eigenvalue weighted by Crippen LogP contribution is 2.39. The second kappa shape index (κ2) is 10.5. The highest BCUT2D eigenvalue weighted by molar-refractivity contribution is 5.75. The number of nitrogens with zero attached hydrogens (tertiary/aromatic N) is 3. The van der Waals surface area contributed by atoms with Gasteiger partial charge in [0.2, 0.25) is 11.7 Å². The molecule has 0 bridgehead atoms. The van der Waals surface area contributed by atoms with E-state index in [0.717, 1.165) is 24.3 Å². The molecule has 2 atom stereocenters. The van der Waals surface area contributed by atoms with E-state index < -0.39 is 41.4 Å². The highest BCUT2D eigenvalue weighted by atomic mass is 19.4. The van der Waals surface area contributed by atoms with Gasteiger partial charge < -0.3 is 25.0 Å². The standard InChI is InChI=1S/C24H23F6N5O3/c25-23(26,27)15-6-3-13(4-7-15)2-1-9-37-19-8-5-14(10-17(19)24(28,29)30)20-33-21(38-34-20)18-11-16(36)12-35(18)22(31)32/h3-8,10,16,18,36H,1-2,9,11-12H2,(H3,31,32)/t16?,18-/m0/s1. The van der Waals surface area contributed by atoms with Crippen molar-refractivity contribution in [3.63, 3.8) is 0 Å². The number of nitrogens with one attached hydrogen (secondary N) is 1. The Hall–Kier alpha value is -3.81. The summed E-state index contributed by atoms with van der Waals surface area (Å²) < 4.78 is 89.9. The number of halogens is 6. The topological polar surface area (TPSA) is 121 Å². The van der Waals surface area contributed by atoms with Gasteiger partial charge in [-0.3, -0.25) is 5.41 Å². The third-order valence-electron chi connectivity index (χ3n) is 6.01. The van der Waals surface area contributed by atoms with E-state index in [2.05, 4.69) is 10.1 Å². The van der Waals surface area contributed by atoms with Crippen LogP contribution in [0.4, 0.5) is 26.3 Å². The Kier molecular flexibility index (Phi) is 7.54. The molecule has 0 spiro atoms. The van der Waals surface area contributed by atoms with E-state index in [-0.39, 0.29) is 49.2 Å². The van der Waals surface area contributed by atoms with Crippen LogP contribution in [0.2, 0.25) is 0 Å². The molecule has 1 aliphatic rings. The number of ether oxygens (including phenoxy) is 1. The van der Waals surface area contributed by atoms with Crippen LogP contribution in [0.1, 0.15) is 41.5 Å². The number of hydrogen-bond acceptors (Lipinski definition) is 6. The summed E-state index contributed by atoms with van der Waals surface area (Å²) in [5.41, 5.74) is 4.29. The lowest BCUT2D eigenvalue weighted by atomic mass is 10.1. The summed E-state index contributed by atoms with van der Waals surface area (Å²) in [4.78, 5) is 5.50. The third kappa shape index (κ3) is 6.18. The van der Waals surface area contributed by atoms with Crippen LogP contribution in [0, 0.1) is 5.41 Å². The molecule has 4 rings (SSSR count). The monoisotopic (exact) mass is 543 g/mol. The van der Waals surface area contributed by atoms with Crippen LogP contribution in [0.25, 0.3) is 11.4 Å². The Labute approximate surface area is 212 Å². The summed E-state index contributed by atoms with van der Waals surface area (Å²) >= 11 is 0. The van der Waals surface area contributed by atoms with Crippen LogP contribution in [0.15, 0.2) is 47.0 Å². The third-order valence-corrected chi connectivity index (χ3v) is 6.01. The number of alkyl halides is 6. The SMILES string of the molecule is N=C(N)N1CC(O)C[C@H]1c1nc(-c2ccc(OCCCc3ccc(C(F)(F)F)cc3)c(C(F)(F)F)c2)no1. The van der Waals surface area contributed by atoms with Crippen molar-refractivity contribution >= 4 is 5.96 Å². The van der Waals surface area contributed by atoms with Gasteiger partial charge in [0, 0.05) is 18.5 Å². The van der Waals surface area contributed by atoms with Crippen molar-refractivity contribution in [2.24, 2.45) is 5.73 Å². The van der Waals surface area contributed by atoms with Gasteiger partial charge in [-0.2, -0.15) is 31.3 Å². The van der Waals surface area contributed by atoms with Gasteiger partial charge in [0.15, 0.2) is 5.96 Å². The van der Waals surface area contributed by atoms with Gasteiger partial charge >= 0.3 is 12.4 Å². The zero-order valence-electron chi connectivity index (χ0n) is 19.7. The van der Waals surface area contributed by atoms with Gasteiger partial charge in [0.25, 0.3) is 0 Å². The zero-order chi connectivity index (χ0) is 27.7. The number of guanidine groups is 1. The molecule has 1 aromatic heterocycles. The van der Waals surface area contributed by atoms with Gasteiger partial charge in [-0.05, 0) is 48.7 Å². The Morgan fingerprint density at radius 1 is 1.11 bits per heavy atom. The van der Waals surface area contributed by atoms with Crippen molar-refractivity contribution in [2.75, 3.05) is 13.2 Å². The summed E-state index contributed by atoms with van der Waals surface area (Å²) in [6.07, 6.45) is -9.24. The number of aromatic nitrogens is 2. The number of likely N-dealkylation sites (tertiary alicyclic amines) is 1. The molecule has 8 nitrogen and oxygen atoms in total. The molecule has 204 valence electrons. The van der Waals surface area contributed by atoms with Crippen molar-refractivity contribution in [2.45, 2.75) is 43.8 Å². The number of benzene rings is 2. The van der Waals surface area contributed by atoms with E-state index in [4.69, 9.17) is 20.4 Å². The summed E-state index contributed by atoms with van der Waals surface area (Å²) in [6.45, 7) is -0.0124. The lowest BCUT2D eigenvalue weighted by Crippen LogP contribution is -2.36. The van der Waals surface area contributed by atoms with Crippen molar-refractivity contribution < 1.29 is 40.7 Å². The summed E-state index contributed by atoms with van der Waals surface area (Å²) in [7, 11) is 0. The van der Waals surface area contributed by atoms with Gasteiger partial charge in [0.1, 0.15) is 11.8 Å². The predicted molar refractivity (Wildman–Crippen MR) is 122 cm³/mol. The fourth-order valence-electron chi connectivity index (χ4n) is 4.14. The van der Waals surface area contributed by atoms with Crippen LogP contribution in [-0.2, 0) is 18.8 Å². The molecule has 1 aliphatic heterocycles. The average Bonchev–Trinajstić information content (AvgIpc) is 3.48. The first-order valence-electron chi connectivity index (χ1n) is 11.5. The van der Waals surface area contributed by atoms with E-state index >= 15 is 0 Å². The normalized spacial score (nSPS) is 18.1. The number of aliphatic hydroxyl groups excluding tert-OH is 1. The minimum absolute atomic E-state index is 0.00361. The highest BCUT2D eigenvalue weighted by Gasteiger charge is 2.38. The molecule has 0 amide bonds. The molecule has 2 aromatic carbocycles. The summed E-state index contributed by atoms with van der Waals surface area (Å²) in [6, 6.07) is 7.15. The Morgan fingerprint density at radius 2 is 1.82 bits per heavy atom. The first-order valence-corrected chi connectivity index (χ1v) is 11.5. The number of aryl methyl sites for hydroxylation is 1. The maximum atomic E-state index is 13.8. The molecule has 1 fully saturated rings. The molecule has 1 saturated heterocycles. The molecule has 4 N–H and O–H groups in total. The van der Waals surface area contributed by atoms with E-state index in [0.29, 0.717) is 12.0 Å². The first kappa shape index (κ1) is 27.2. The zero-order valence-corrected chi connectivity index (χ0v) is 19.7. The van der Waals surface area contributed by atoms with Crippen molar-refractivity contribution in [3.8, 4) is 17.1 Å². The fraction of sp³-hybridized carbons (Fsp3) is 0.375. The van der Waals surface area contributed by atoms with Crippen molar-refractivity contribution in [1.29, 1.82) is 5.41 Å². The number of β-amino-alcohol motifs (C(OH)–C–C–N with tert-alkyl or cyclic N) is 1. The molecular weight excluding hydrogens is 520 g/mol. The number of aliphatic hydroxyl groups is 1. The van der Waals surface area contributed by atoms with Crippen LogP contribution < -0.4 is 10.5 Å². The number of hydrogen-bond donors (Lipinski definition) is 3. The van der Waals surface area contributed by atoms with Crippen LogP contribution in [0.3, 0.4) is 0 Å². The van der Waals surface area contributed by atoms with E-state index in [1.807, 2.05) is 0 Å². The van der Waals surface area contributed by atoms with E-state index in [1.54, 1.807) is 0 Å². The summed E-state index contributed by atoms with van der Waals surface area (Å²) in [5, 5.41) is 21.3. The molecule has 0 saturated carbocycles. The molecule has 38 heavy (non-hydrogen) atoms. The van der Waals surface area contributed by atoms with E-state index in [1.165, 1.54) is 23.1 Å². The molecular formula is C24H23F6N5O3. The molecule has 2 heterocycles. The second-order valence-corrected chi connectivity index (χ2v) is 8.75. The lowest BCUT2D eigenvalue weighted by molar-refractivity contribution is -0.139. The van der Waals surface area contributed by atoms with Crippen LogP contribution in [-0.4, -0.2) is 45.4 Å². The largest absolute Gasteiger partial charge is 0.493 e.